The summed E-state index contributed by atoms with van der Waals surface area (Å²) in [6.45, 7) is 2.48. The van der Waals surface area contributed by atoms with Gasteiger partial charge in [-0.2, -0.15) is 0 Å². The Bertz CT molecular complexity index is 964. The van der Waals surface area contributed by atoms with Crippen molar-refractivity contribution in [1.29, 1.82) is 0 Å². The van der Waals surface area contributed by atoms with E-state index in [0.29, 0.717) is 13.0 Å². The molecule has 1 atom stereocenters. The Morgan fingerprint density at radius 2 is 1.47 bits per heavy atom. The van der Waals surface area contributed by atoms with Crippen LogP contribution in [0.3, 0.4) is 0 Å². The molecule has 5 nitrogen and oxygen atoms in total. The monoisotopic (exact) mass is 399 g/mol. The van der Waals surface area contributed by atoms with E-state index < -0.39 is 0 Å². The van der Waals surface area contributed by atoms with Gasteiger partial charge < -0.3 is 15.5 Å². The molecule has 3 aromatic rings. The normalized spacial score (nSPS) is 16.0. The number of rotatable bonds is 5. The van der Waals surface area contributed by atoms with Crippen LogP contribution in [0.2, 0.25) is 0 Å². The maximum atomic E-state index is 12.8. The average Bonchev–Trinajstić information content (AvgIpc) is 3.13. The highest BCUT2D eigenvalue weighted by Crippen LogP contribution is 2.23. The van der Waals surface area contributed by atoms with E-state index in [-0.39, 0.29) is 24.0 Å². The number of amides is 3. The minimum absolute atomic E-state index is 0.0202. The van der Waals surface area contributed by atoms with Gasteiger partial charge in [-0.25, -0.2) is 4.79 Å². The zero-order chi connectivity index (χ0) is 20.9. The number of hydrogen-bond acceptors (Lipinski definition) is 2. The van der Waals surface area contributed by atoms with Crippen molar-refractivity contribution in [3.8, 4) is 0 Å². The molecule has 152 valence electrons. The quantitative estimate of drug-likeness (QED) is 0.676. The fourth-order valence-corrected chi connectivity index (χ4v) is 3.79. The number of nitrogens with one attached hydrogen (secondary N) is 2. The van der Waals surface area contributed by atoms with Gasteiger partial charge in [0.2, 0.25) is 5.91 Å². The van der Waals surface area contributed by atoms with Crippen LogP contribution in [0.15, 0.2) is 84.9 Å². The van der Waals surface area contributed by atoms with E-state index in [1.165, 1.54) is 0 Å². The van der Waals surface area contributed by atoms with Gasteiger partial charge in [0, 0.05) is 18.7 Å². The molecule has 2 N–H and O–H groups in total. The summed E-state index contributed by atoms with van der Waals surface area (Å²) < 4.78 is 0. The van der Waals surface area contributed by atoms with Gasteiger partial charge in [0.05, 0.1) is 12.1 Å². The van der Waals surface area contributed by atoms with Crippen molar-refractivity contribution in [1.82, 2.24) is 10.6 Å². The van der Waals surface area contributed by atoms with E-state index in [1.54, 1.807) is 4.90 Å². The van der Waals surface area contributed by atoms with E-state index in [1.807, 2.05) is 91.9 Å². The molecule has 3 aromatic carbocycles. The van der Waals surface area contributed by atoms with Crippen molar-refractivity contribution in [3.05, 3.63) is 102 Å². The van der Waals surface area contributed by atoms with E-state index in [4.69, 9.17) is 0 Å². The van der Waals surface area contributed by atoms with Gasteiger partial charge in [0.25, 0.3) is 0 Å². The highest BCUT2D eigenvalue weighted by molar-refractivity contribution is 5.96. The summed E-state index contributed by atoms with van der Waals surface area (Å²) in [5.41, 5.74) is 4.01. The number of carbonyl (C=O) groups excluding carboxylic acids is 2. The van der Waals surface area contributed by atoms with E-state index in [9.17, 15) is 9.59 Å². The maximum absolute atomic E-state index is 12.8. The molecule has 5 heteroatoms. The molecule has 0 aliphatic carbocycles. The lowest BCUT2D eigenvalue weighted by Gasteiger charge is -2.22. The molecular formula is C25H25N3O2. The zero-order valence-corrected chi connectivity index (χ0v) is 16.9. The first-order valence-corrected chi connectivity index (χ1v) is 10.1. The second kappa shape index (κ2) is 8.82. The lowest BCUT2D eigenvalue weighted by Crippen LogP contribution is -2.44. The molecule has 1 fully saturated rings. The Hall–Kier alpha value is -3.60. The van der Waals surface area contributed by atoms with Crippen LogP contribution in [0, 0.1) is 6.92 Å². The largest absolute Gasteiger partial charge is 0.333 e. The van der Waals surface area contributed by atoms with Crippen LogP contribution in [0.1, 0.15) is 29.2 Å². The molecule has 3 amide bonds. The standard InChI is InChI=1S/C25H25N3O2/c1-18-12-14-22(15-13-18)28-17-21(16-23(28)29)26-25(30)27-24(19-8-4-2-5-9-19)20-10-6-3-7-11-20/h2-15,21,24H,16-17H2,1H3,(H2,26,27,30)/t21-/m0/s1. The number of hydrogen-bond donors (Lipinski definition) is 2. The van der Waals surface area contributed by atoms with Gasteiger partial charge in [0.15, 0.2) is 0 Å². The minimum Gasteiger partial charge on any atom is -0.333 e. The fraction of sp³-hybridized carbons (Fsp3) is 0.200. The molecule has 0 spiro atoms. The lowest BCUT2D eigenvalue weighted by atomic mass is 9.99. The molecule has 0 saturated carbocycles. The highest BCUT2D eigenvalue weighted by Gasteiger charge is 2.32. The second-order valence-corrected chi connectivity index (χ2v) is 7.61. The lowest BCUT2D eigenvalue weighted by molar-refractivity contribution is -0.117. The number of benzene rings is 3. The maximum Gasteiger partial charge on any atom is 0.315 e. The summed E-state index contributed by atoms with van der Waals surface area (Å²) in [6.07, 6.45) is 0.294. The summed E-state index contributed by atoms with van der Waals surface area (Å²) in [6, 6.07) is 26.8. The number of urea groups is 1. The van der Waals surface area contributed by atoms with E-state index in [0.717, 1.165) is 22.4 Å². The third-order valence-corrected chi connectivity index (χ3v) is 5.35. The minimum atomic E-state index is -0.281. The van der Waals surface area contributed by atoms with Crippen LogP contribution < -0.4 is 15.5 Å². The van der Waals surface area contributed by atoms with Gasteiger partial charge in [0.1, 0.15) is 0 Å². The van der Waals surface area contributed by atoms with Gasteiger partial charge in [-0.05, 0) is 30.2 Å². The molecule has 0 radical (unpaired) electrons. The second-order valence-electron chi connectivity index (χ2n) is 7.61. The Morgan fingerprint density at radius 3 is 2.03 bits per heavy atom. The Balaban J connectivity index is 1.44. The molecule has 0 bridgehead atoms. The summed E-state index contributed by atoms with van der Waals surface area (Å²) in [4.78, 5) is 27.0. The van der Waals surface area contributed by atoms with Gasteiger partial charge >= 0.3 is 6.03 Å². The SMILES string of the molecule is Cc1ccc(N2C[C@@H](NC(=O)NC(c3ccccc3)c3ccccc3)CC2=O)cc1. The topological polar surface area (TPSA) is 61.4 Å². The van der Waals surface area contributed by atoms with Crippen molar-refractivity contribution in [2.24, 2.45) is 0 Å². The summed E-state index contributed by atoms with van der Waals surface area (Å²) >= 11 is 0. The molecule has 0 unspecified atom stereocenters. The molecule has 1 aliphatic rings. The molecule has 1 heterocycles. The van der Waals surface area contributed by atoms with Crippen molar-refractivity contribution < 1.29 is 9.59 Å². The number of nitrogens with zero attached hydrogens (tertiary/aromatic N) is 1. The van der Waals surface area contributed by atoms with Crippen molar-refractivity contribution >= 4 is 17.6 Å². The van der Waals surface area contributed by atoms with Crippen LogP contribution >= 0.6 is 0 Å². The Labute approximate surface area is 176 Å². The number of anilines is 1. The fourth-order valence-electron chi connectivity index (χ4n) is 3.79. The summed E-state index contributed by atoms with van der Waals surface area (Å²) in [7, 11) is 0. The first-order valence-electron chi connectivity index (χ1n) is 10.1. The van der Waals surface area contributed by atoms with Crippen LogP contribution in [0.5, 0.6) is 0 Å². The smallest absolute Gasteiger partial charge is 0.315 e. The van der Waals surface area contributed by atoms with Gasteiger partial charge in [-0.15, -0.1) is 0 Å². The molecule has 1 aliphatic heterocycles. The molecule has 4 rings (SSSR count). The molecule has 0 aromatic heterocycles. The first kappa shape index (κ1) is 19.7. The molecule has 1 saturated heterocycles. The summed E-state index contributed by atoms with van der Waals surface area (Å²) in [5.74, 6) is 0.0202. The van der Waals surface area contributed by atoms with Crippen LogP contribution in [-0.2, 0) is 4.79 Å². The summed E-state index contributed by atoms with van der Waals surface area (Å²) in [5, 5.41) is 6.05. The molecular weight excluding hydrogens is 374 g/mol. The van der Waals surface area contributed by atoms with E-state index in [2.05, 4.69) is 10.6 Å². The number of aryl methyl sites for hydroxylation is 1. The number of carbonyl (C=O) groups is 2. The van der Waals surface area contributed by atoms with Gasteiger partial charge in [-0.1, -0.05) is 78.4 Å². The third kappa shape index (κ3) is 4.51. The third-order valence-electron chi connectivity index (χ3n) is 5.35. The van der Waals surface area contributed by atoms with Crippen molar-refractivity contribution in [3.63, 3.8) is 0 Å². The van der Waals surface area contributed by atoms with Crippen LogP contribution in [-0.4, -0.2) is 24.5 Å². The van der Waals surface area contributed by atoms with Crippen molar-refractivity contribution in [2.45, 2.75) is 25.4 Å². The zero-order valence-electron chi connectivity index (χ0n) is 16.9. The average molecular weight is 399 g/mol. The first-order chi connectivity index (χ1) is 14.6. The van der Waals surface area contributed by atoms with Crippen LogP contribution in [0.4, 0.5) is 10.5 Å². The predicted octanol–water partition coefficient (Wildman–Crippen LogP) is 4.19. The molecule has 30 heavy (non-hydrogen) atoms. The van der Waals surface area contributed by atoms with Crippen LogP contribution in [0.25, 0.3) is 0 Å². The highest BCUT2D eigenvalue weighted by atomic mass is 16.2. The Morgan fingerprint density at radius 1 is 0.900 bits per heavy atom. The Kier molecular flexibility index (Phi) is 5.80. The predicted molar refractivity (Wildman–Crippen MR) is 118 cm³/mol. The van der Waals surface area contributed by atoms with E-state index >= 15 is 0 Å². The van der Waals surface area contributed by atoms with Gasteiger partial charge in [-0.3, -0.25) is 4.79 Å². The van der Waals surface area contributed by atoms with Crippen molar-refractivity contribution in [2.75, 3.05) is 11.4 Å².